The number of carbonyl (C=O) groups is 2. The highest BCUT2D eigenvalue weighted by molar-refractivity contribution is 5.76. The number of aliphatic hydroxyl groups is 2. The molecule has 8 nitrogen and oxygen atoms in total. The van der Waals surface area contributed by atoms with Crippen LogP contribution in [-0.4, -0.2) is 59.7 Å². The fourth-order valence-corrected chi connectivity index (χ4v) is 2.42. The summed E-state index contributed by atoms with van der Waals surface area (Å²) in [5.41, 5.74) is 1.31. The molecule has 2 atom stereocenters. The second-order valence-electron chi connectivity index (χ2n) is 5.27. The molecule has 0 saturated heterocycles. The van der Waals surface area contributed by atoms with Crippen LogP contribution in [0, 0.1) is 0 Å². The van der Waals surface area contributed by atoms with Crippen LogP contribution in [0.25, 0.3) is 0 Å². The van der Waals surface area contributed by atoms with Gasteiger partial charge in [-0.1, -0.05) is 88.4 Å². The van der Waals surface area contributed by atoms with Gasteiger partial charge in [0, 0.05) is 27.3 Å². The van der Waals surface area contributed by atoms with Crippen LogP contribution < -0.4 is 10.6 Å². The van der Waals surface area contributed by atoms with E-state index < -0.39 is 24.0 Å². The molecule has 0 fully saturated rings. The maximum Gasteiger partial charge on any atom is 0.325 e. The first-order valence-corrected chi connectivity index (χ1v) is 10.5. The van der Waals surface area contributed by atoms with Crippen molar-refractivity contribution in [1.29, 1.82) is 0 Å². The first-order chi connectivity index (χ1) is 15.6. The largest absolute Gasteiger partial charge is 0.480 e. The van der Waals surface area contributed by atoms with Crippen molar-refractivity contribution in [1.82, 2.24) is 10.6 Å². The first kappa shape index (κ1) is 33.8. The Morgan fingerprint density at radius 3 is 1.09 bits per heavy atom. The average molecular weight is 453 g/mol. The minimum absolute atomic E-state index is 0.322. The minimum Gasteiger partial charge on any atom is -0.480 e. The van der Waals surface area contributed by atoms with Gasteiger partial charge in [0.25, 0.3) is 0 Å². The second kappa shape index (κ2) is 24.5. The molecule has 8 heteroatoms. The van der Waals surface area contributed by atoms with Crippen molar-refractivity contribution in [3.63, 3.8) is 0 Å². The fourth-order valence-electron chi connectivity index (χ4n) is 2.42. The molecule has 32 heavy (non-hydrogen) atoms. The summed E-state index contributed by atoms with van der Waals surface area (Å²) in [5.74, 6) is -1.95. The lowest BCUT2D eigenvalue weighted by atomic mass is 10.1. The normalized spacial score (nSPS) is 10.6. The van der Waals surface area contributed by atoms with Crippen LogP contribution >= 0.6 is 0 Å². The van der Waals surface area contributed by atoms with Gasteiger partial charge in [-0.3, -0.25) is 20.2 Å². The van der Waals surface area contributed by atoms with Crippen LogP contribution in [0.15, 0.2) is 60.7 Å². The molecule has 0 bridgehead atoms. The quantitative estimate of drug-likeness (QED) is 0.319. The number of hydrogen-bond donors (Lipinski definition) is 6. The molecule has 2 rings (SSSR count). The summed E-state index contributed by atoms with van der Waals surface area (Å²) < 4.78 is 0. The maximum absolute atomic E-state index is 11.4. The van der Waals surface area contributed by atoms with Gasteiger partial charge in [0.2, 0.25) is 0 Å². The Kier molecular flexibility index (Phi) is 25.9. The molecule has 0 aliphatic heterocycles. The van der Waals surface area contributed by atoms with E-state index in [1.54, 1.807) is 48.5 Å². The zero-order valence-corrected chi connectivity index (χ0v) is 19.9. The number of aliphatic hydroxyl groups excluding tert-OH is 2. The lowest BCUT2D eigenvalue weighted by Crippen LogP contribution is -2.37. The lowest BCUT2D eigenvalue weighted by molar-refractivity contribution is -0.141. The predicted molar refractivity (Wildman–Crippen MR) is 129 cm³/mol. The van der Waals surface area contributed by atoms with E-state index in [2.05, 4.69) is 10.6 Å². The Hall–Kier alpha value is -2.78. The summed E-state index contributed by atoms with van der Waals surface area (Å²) in [4.78, 5) is 22.8. The van der Waals surface area contributed by atoms with E-state index in [0.717, 1.165) is 14.2 Å². The van der Waals surface area contributed by atoms with Gasteiger partial charge in [0.1, 0.15) is 12.1 Å². The first-order valence-electron chi connectivity index (χ1n) is 10.5. The Labute approximate surface area is 191 Å². The SMILES string of the molecule is CC.CC.CO.CO.O=C(O)C(NCCNC(C(=O)O)c1ccccc1)c1ccccc1. The molecular formula is C24H40N2O6. The molecule has 0 heterocycles. The van der Waals surface area contributed by atoms with Crippen molar-refractivity contribution in [3.05, 3.63) is 71.8 Å². The highest BCUT2D eigenvalue weighted by atomic mass is 16.4. The summed E-state index contributed by atoms with van der Waals surface area (Å²) in [6.45, 7) is 8.64. The molecule has 0 saturated carbocycles. The molecule has 0 aromatic heterocycles. The molecular weight excluding hydrogens is 412 g/mol. The third kappa shape index (κ3) is 14.3. The van der Waals surface area contributed by atoms with Crippen LogP contribution in [0.4, 0.5) is 0 Å². The molecule has 2 aromatic rings. The molecule has 2 unspecified atom stereocenters. The van der Waals surface area contributed by atoms with Crippen LogP contribution in [0.1, 0.15) is 50.9 Å². The van der Waals surface area contributed by atoms with E-state index in [1.807, 2.05) is 39.8 Å². The summed E-state index contributed by atoms with van der Waals surface area (Å²) in [6, 6.07) is 16.1. The minimum atomic E-state index is -0.973. The monoisotopic (exact) mass is 452 g/mol. The molecule has 0 spiro atoms. The number of hydrogen-bond acceptors (Lipinski definition) is 6. The van der Waals surface area contributed by atoms with E-state index in [-0.39, 0.29) is 0 Å². The Balaban J connectivity index is -0.000000945. The van der Waals surface area contributed by atoms with Crippen molar-refractivity contribution in [3.8, 4) is 0 Å². The van der Waals surface area contributed by atoms with E-state index in [0.29, 0.717) is 24.2 Å². The van der Waals surface area contributed by atoms with Crippen molar-refractivity contribution in [2.45, 2.75) is 39.8 Å². The molecule has 0 aliphatic rings. The maximum atomic E-state index is 11.4. The van der Waals surface area contributed by atoms with Crippen molar-refractivity contribution in [2.75, 3.05) is 27.3 Å². The van der Waals surface area contributed by atoms with Crippen molar-refractivity contribution < 1.29 is 30.0 Å². The van der Waals surface area contributed by atoms with Crippen LogP contribution in [-0.2, 0) is 9.59 Å². The van der Waals surface area contributed by atoms with E-state index in [9.17, 15) is 19.8 Å². The predicted octanol–water partition coefficient (Wildman–Crippen LogP) is 3.09. The highest BCUT2D eigenvalue weighted by Gasteiger charge is 2.20. The summed E-state index contributed by atoms with van der Waals surface area (Å²) >= 11 is 0. The van der Waals surface area contributed by atoms with Gasteiger partial charge in [-0.25, -0.2) is 0 Å². The third-order valence-corrected chi connectivity index (χ3v) is 3.58. The number of nitrogens with one attached hydrogen (secondary N) is 2. The van der Waals surface area contributed by atoms with Gasteiger partial charge in [-0.15, -0.1) is 0 Å². The van der Waals surface area contributed by atoms with Gasteiger partial charge in [-0.05, 0) is 11.1 Å². The topological polar surface area (TPSA) is 139 Å². The zero-order valence-electron chi connectivity index (χ0n) is 19.9. The molecule has 2 aromatic carbocycles. The molecule has 182 valence electrons. The van der Waals surface area contributed by atoms with Crippen LogP contribution in [0.5, 0.6) is 0 Å². The summed E-state index contributed by atoms with van der Waals surface area (Å²) in [6.07, 6.45) is 0. The Bertz CT molecular complexity index is 609. The molecule has 6 N–H and O–H groups in total. The number of carboxylic acids is 2. The lowest BCUT2D eigenvalue weighted by Gasteiger charge is -2.18. The number of aliphatic carboxylic acids is 2. The molecule has 0 radical (unpaired) electrons. The zero-order chi connectivity index (χ0) is 25.4. The van der Waals surface area contributed by atoms with Gasteiger partial charge in [0.05, 0.1) is 0 Å². The van der Waals surface area contributed by atoms with Crippen molar-refractivity contribution in [2.24, 2.45) is 0 Å². The van der Waals surface area contributed by atoms with Crippen LogP contribution in [0.3, 0.4) is 0 Å². The van der Waals surface area contributed by atoms with Gasteiger partial charge >= 0.3 is 11.9 Å². The standard InChI is InChI=1S/C18H20N2O4.2C2H6.2CH4O/c21-17(22)15(13-7-3-1-4-8-13)19-11-12-20-16(18(23)24)14-9-5-2-6-10-14;4*1-2/h1-10,15-16,19-20H,11-12H2,(H,21,22)(H,23,24);2*1-2H3;2*2H,1H3. The van der Waals surface area contributed by atoms with Gasteiger partial charge < -0.3 is 20.4 Å². The Morgan fingerprint density at radius 2 is 0.875 bits per heavy atom. The van der Waals surface area contributed by atoms with Crippen molar-refractivity contribution >= 4 is 11.9 Å². The smallest absolute Gasteiger partial charge is 0.325 e. The highest BCUT2D eigenvalue weighted by Crippen LogP contribution is 2.13. The van der Waals surface area contributed by atoms with Gasteiger partial charge in [0.15, 0.2) is 0 Å². The fraction of sp³-hybridized carbons (Fsp3) is 0.417. The second-order valence-corrected chi connectivity index (χ2v) is 5.27. The molecule has 0 aliphatic carbocycles. The number of rotatable bonds is 9. The van der Waals surface area contributed by atoms with E-state index >= 15 is 0 Å². The van der Waals surface area contributed by atoms with E-state index in [1.165, 1.54) is 0 Å². The number of benzene rings is 2. The number of carboxylic acid groups (broad SMARTS) is 2. The van der Waals surface area contributed by atoms with Gasteiger partial charge in [-0.2, -0.15) is 0 Å². The Morgan fingerprint density at radius 1 is 0.625 bits per heavy atom. The third-order valence-electron chi connectivity index (χ3n) is 3.58. The average Bonchev–Trinajstić information content (AvgIpc) is 2.87. The summed E-state index contributed by atoms with van der Waals surface area (Å²) in [5, 5.41) is 38.5. The van der Waals surface area contributed by atoms with E-state index in [4.69, 9.17) is 10.2 Å². The van der Waals surface area contributed by atoms with Crippen LogP contribution in [0.2, 0.25) is 0 Å². The molecule has 0 amide bonds. The summed E-state index contributed by atoms with van der Waals surface area (Å²) in [7, 11) is 2.00.